The molecule has 0 saturated carbocycles. The quantitative estimate of drug-likeness (QED) is 0.539. The highest BCUT2D eigenvalue weighted by molar-refractivity contribution is 5.16. The molecule has 0 fully saturated rings. The normalized spacial score (nSPS) is 21.2. The molecular weight excluding hydrogens is 98.1 g/mol. The Morgan fingerprint density at radius 2 is 2.25 bits per heavy atom. The summed E-state index contributed by atoms with van der Waals surface area (Å²) >= 11 is 0. The van der Waals surface area contributed by atoms with Crippen molar-refractivity contribution in [2.45, 2.75) is 19.9 Å². The Kier molecular flexibility index (Phi) is 1.69. The van der Waals surface area contributed by atoms with Crippen LogP contribution in [0.25, 0.3) is 0 Å². The molecule has 1 heteroatoms. The molecule has 0 spiro atoms. The van der Waals surface area contributed by atoms with E-state index in [1.54, 1.807) is 0 Å². The molecule has 0 bridgehead atoms. The van der Waals surface area contributed by atoms with Gasteiger partial charge in [0.25, 0.3) is 0 Å². The highest BCUT2D eigenvalue weighted by atomic mass is 14.9. The van der Waals surface area contributed by atoms with Crippen LogP contribution in [-0.2, 0) is 0 Å². The van der Waals surface area contributed by atoms with Gasteiger partial charge < -0.3 is 5.32 Å². The topological polar surface area (TPSA) is 12.0 Å². The lowest BCUT2D eigenvalue weighted by Gasteiger charge is -2.09. The predicted molar refractivity (Wildman–Crippen MR) is 35.8 cm³/mol. The summed E-state index contributed by atoms with van der Waals surface area (Å²) in [6.45, 7) is 5.44. The van der Waals surface area contributed by atoms with Crippen LogP contribution in [0.15, 0.2) is 12.2 Å². The van der Waals surface area contributed by atoms with Crippen molar-refractivity contribution in [3.63, 3.8) is 0 Å². The van der Waals surface area contributed by atoms with Gasteiger partial charge in [-0.25, -0.2) is 0 Å². The third-order valence-corrected chi connectivity index (χ3v) is 1.52. The first-order valence-corrected chi connectivity index (χ1v) is 3.26. The summed E-state index contributed by atoms with van der Waals surface area (Å²) in [4.78, 5) is 0. The van der Waals surface area contributed by atoms with Gasteiger partial charge in [0, 0.05) is 12.0 Å². The smallest absolute Gasteiger partial charge is 0.0136 e. The Morgan fingerprint density at radius 3 is 2.62 bits per heavy atom. The van der Waals surface area contributed by atoms with Gasteiger partial charge in [-0.2, -0.15) is 0 Å². The van der Waals surface area contributed by atoms with E-state index in [1.165, 1.54) is 0 Å². The van der Waals surface area contributed by atoms with Crippen LogP contribution in [-0.4, -0.2) is 12.6 Å². The van der Waals surface area contributed by atoms with E-state index in [-0.39, 0.29) is 0 Å². The molecule has 0 aromatic heterocycles. The van der Waals surface area contributed by atoms with Crippen LogP contribution < -0.4 is 5.32 Å². The number of hydrogen-bond donors (Lipinski definition) is 1. The van der Waals surface area contributed by atoms with Gasteiger partial charge in [-0.3, -0.25) is 0 Å². The molecule has 0 aromatic carbocycles. The Hall–Kier alpha value is -0.300. The van der Waals surface area contributed by atoms with Crippen molar-refractivity contribution in [1.29, 1.82) is 0 Å². The molecule has 1 nitrogen and oxygen atoms in total. The monoisotopic (exact) mass is 111 g/mol. The maximum atomic E-state index is 3.34. The zero-order chi connectivity index (χ0) is 5.98. The van der Waals surface area contributed by atoms with Crippen LogP contribution in [0.5, 0.6) is 0 Å². The Labute approximate surface area is 50.8 Å². The zero-order valence-electron chi connectivity index (χ0n) is 5.52. The Morgan fingerprint density at radius 1 is 1.62 bits per heavy atom. The van der Waals surface area contributed by atoms with Crippen LogP contribution >= 0.6 is 0 Å². The van der Waals surface area contributed by atoms with Gasteiger partial charge in [-0.15, -0.1) is 0 Å². The Bertz CT molecular complexity index is 90.6. The van der Waals surface area contributed by atoms with Gasteiger partial charge in [0.05, 0.1) is 0 Å². The van der Waals surface area contributed by atoms with Crippen LogP contribution in [0.4, 0.5) is 0 Å². The molecule has 1 aliphatic carbocycles. The molecule has 1 atom stereocenters. The second-order valence-corrected chi connectivity index (χ2v) is 2.31. The second kappa shape index (κ2) is 2.31. The van der Waals surface area contributed by atoms with Crippen molar-refractivity contribution >= 4 is 0 Å². The van der Waals surface area contributed by atoms with Crippen molar-refractivity contribution in [2.24, 2.45) is 5.92 Å². The van der Waals surface area contributed by atoms with Crippen LogP contribution in [0.3, 0.4) is 0 Å². The summed E-state index contributed by atoms with van der Waals surface area (Å²) < 4.78 is 0. The first-order valence-electron chi connectivity index (χ1n) is 3.26. The minimum atomic E-state index is 0.667. The molecule has 1 aliphatic rings. The average molecular weight is 111 g/mol. The maximum Gasteiger partial charge on any atom is 0.0136 e. The highest BCUT2D eigenvalue weighted by Gasteiger charge is 2.17. The van der Waals surface area contributed by atoms with Crippen LogP contribution in [0, 0.1) is 5.92 Å². The summed E-state index contributed by atoms with van der Waals surface area (Å²) in [5.74, 6) is 0.759. The van der Waals surface area contributed by atoms with E-state index < -0.39 is 0 Å². The molecule has 1 rings (SSSR count). The van der Waals surface area contributed by atoms with E-state index in [1.807, 2.05) is 0 Å². The molecule has 0 heterocycles. The standard InChI is InChI=1S/C7H13N/c1-3-8-6(2)7-4-5-7/h4-8H,3H2,1-2H3. The molecule has 1 N–H and O–H groups in total. The fourth-order valence-corrected chi connectivity index (χ4v) is 0.856. The summed E-state index contributed by atoms with van der Waals surface area (Å²) in [6.07, 6.45) is 4.46. The SMILES string of the molecule is CCNC(C)C1C=C1. The van der Waals surface area contributed by atoms with Crippen molar-refractivity contribution in [3.05, 3.63) is 12.2 Å². The fourth-order valence-electron chi connectivity index (χ4n) is 0.856. The number of hydrogen-bond acceptors (Lipinski definition) is 1. The molecule has 0 radical (unpaired) electrons. The van der Waals surface area contributed by atoms with E-state index in [0.29, 0.717) is 6.04 Å². The predicted octanol–water partition coefficient (Wildman–Crippen LogP) is 1.17. The summed E-state index contributed by atoms with van der Waals surface area (Å²) in [6, 6.07) is 0.667. The van der Waals surface area contributed by atoms with Crippen molar-refractivity contribution < 1.29 is 0 Å². The lowest BCUT2D eigenvalue weighted by molar-refractivity contribution is 0.536. The van der Waals surface area contributed by atoms with Crippen molar-refractivity contribution in [3.8, 4) is 0 Å². The summed E-state index contributed by atoms with van der Waals surface area (Å²) in [5.41, 5.74) is 0. The Balaban J connectivity index is 2.05. The van der Waals surface area contributed by atoms with Gasteiger partial charge in [-0.05, 0) is 13.5 Å². The van der Waals surface area contributed by atoms with E-state index in [0.717, 1.165) is 12.5 Å². The lowest BCUT2D eigenvalue weighted by atomic mass is 10.2. The van der Waals surface area contributed by atoms with Gasteiger partial charge in [0.1, 0.15) is 0 Å². The number of rotatable bonds is 3. The van der Waals surface area contributed by atoms with E-state index in [2.05, 4.69) is 31.3 Å². The largest absolute Gasteiger partial charge is 0.314 e. The fraction of sp³-hybridized carbons (Fsp3) is 0.714. The van der Waals surface area contributed by atoms with E-state index in [9.17, 15) is 0 Å². The molecule has 1 unspecified atom stereocenters. The van der Waals surface area contributed by atoms with Crippen molar-refractivity contribution in [2.75, 3.05) is 6.54 Å². The first-order chi connectivity index (χ1) is 3.84. The third-order valence-electron chi connectivity index (χ3n) is 1.52. The van der Waals surface area contributed by atoms with Gasteiger partial charge in [0.15, 0.2) is 0 Å². The molecule has 0 amide bonds. The van der Waals surface area contributed by atoms with E-state index >= 15 is 0 Å². The van der Waals surface area contributed by atoms with Crippen LogP contribution in [0.1, 0.15) is 13.8 Å². The second-order valence-electron chi connectivity index (χ2n) is 2.31. The molecule has 46 valence electrons. The molecular formula is C7H13N. The van der Waals surface area contributed by atoms with E-state index in [4.69, 9.17) is 0 Å². The van der Waals surface area contributed by atoms with Crippen LogP contribution in [0.2, 0.25) is 0 Å². The van der Waals surface area contributed by atoms with Gasteiger partial charge in [-0.1, -0.05) is 19.1 Å². The van der Waals surface area contributed by atoms with Gasteiger partial charge >= 0.3 is 0 Å². The summed E-state index contributed by atoms with van der Waals surface area (Å²) in [5, 5.41) is 3.34. The highest BCUT2D eigenvalue weighted by Crippen LogP contribution is 2.19. The minimum Gasteiger partial charge on any atom is -0.314 e. The number of nitrogens with one attached hydrogen (secondary N) is 1. The summed E-state index contributed by atoms with van der Waals surface area (Å²) in [7, 11) is 0. The molecule has 0 aliphatic heterocycles. The molecule has 0 aromatic rings. The van der Waals surface area contributed by atoms with Crippen molar-refractivity contribution in [1.82, 2.24) is 5.32 Å². The minimum absolute atomic E-state index is 0.667. The first kappa shape index (κ1) is 5.83. The maximum absolute atomic E-state index is 3.34. The third kappa shape index (κ3) is 1.34. The van der Waals surface area contributed by atoms with Gasteiger partial charge in [0.2, 0.25) is 0 Å². The zero-order valence-corrected chi connectivity index (χ0v) is 5.52. The lowest BCUT2D eigenvalue weighted by Crippen LogP contribution is -2.27. The average Bonchev–Trinajstić information content (AvgIpc) is 2.45. The molecule has 8 heavy (non-hydrogen) atoms. The molecule has 0 saturated heterocycles.